The van der Waals surface area contributed by atoms with Crippen LogP contribution in [0.25, 0.3) is 0 Å². The zero-order valence-corrected chi connectivity index (χ0v) is 10.6. The van der Waals surface area contributed by atoms with Crippen LogP contribution in [0.1, 0.15) is 31.4 Å². The lowest BCUT2D eigenvalue weighted by Crippen LogP contribution is -2.29. The minimum atomic E-state index is -0.622. The number of rotatable bonds is 5. The van der Waals surface area contributed by atoms with E-state index in [0.29, 0.717) is 19.6 Å². The summed E-state index contributed by atoms with van der Waals surface area (Å²) in [4.78, 5) is 13.2. The second-order valence-electron chi connectivity index (χ2n) is 4.46. The van der Waals surface area contributed by atoms with Crippen molar-refractivity contribution in [1.29, 1.82) is 0 Å². The van der Waals surface area contributed by atoms with Gasteiger partial charge in [0.25, 0.3) is 0 Å². The fourth-order valence-electron chi connectivity index (χ4n) is 2.16. The Morgan fingerprint density at radius 2 is 2.11 bits per heavy atom. The molecule has 0 bridgehead atoms. The minimum Gasteiger partial charge on any atom is -0.494 e. The predicted molar refractivity (Wildman–Crippen MR) is 68.4 cm³/mol. The molecule has 98 valence electrons. The number of nitrogens with zero attached hydrogens (tertiary/aromatic N) is 1. The first-order chi connectivity index (χ1) is 8.70. The average Bonchev–Trinajstić information content (AvgIpc) is 2.76. The summed E-state index contributed by atoms with van der Waals surface area (Å²) >= 11 is 0. The quantitative estimate of drug-likeness (QED) is 0.864. The maximum Gasteiger partial charge on any atom is 0.222 e. The summed E-state index contributed by atoms with van der Waals surface area (Å²) in [5, 5.41) is 10.1. The van der Waals surface area contributed by atoms with Crippen molar-refractivity contribution < 1.29 is 14.6 Å². The summed E-state index contributed by atoms with van der Waals surface area (Å²) in [6.07, 6.45) is 0.882. The van der Waals surface area contributed by atoms with Crippen molar-refractivity contribution in [3.8, 4) is 5.75 Å². The summed E-state index contributed by atoms with van der Waals surface area (Å²) in [5.41, 5.74) is 0.818. The third-order valence-corrected chi connectivity index (χ3v) is 3.14. The molecule has 0 radical (unpaired) electrons. The molecule has 1 atom stereocenters. The van der Waals surface area contributed by atoms with E-state index in [1.807, 2.05) is 31.2 Å². The van der Waals surface area contributed by atoms with Crippen molar-refractivity contribution in [2.45, 2.75) is 25.9 Å². The smallest absolute Gasteiger partial charge is 0.222 e. The van der Waals surface area contributed by atoms with E-state index in [1.165, 1.54) is 0 Å². The van der Waals surface area contributed by atoms with Gasteiger partial charge in [0.2, 0.25) is 5.91 Å². The summed E-state index contributed by atoms with van der Waals surface area (Å²) in [6.45, 7) is 3.70. The van der Waals surface area contributed by atoms with Crippen molar-refractivity contribution >= 4 is 5.91 Å². The molecule has 18 heavy (non-hydrogen) atoms. The topological polar surface area (TPSA) is 49.8 Å². The van der Waals surface area contributed by atoms with Crippen molar-refractivity contribution in [2.75, 3.05) is 19.7 Å². The maximum absolute atomic E-state index is 11.5. The lowest BCUT2D eigenvalue weighted by molar-refractivity contribution is -0.128. The van der Waals surface area contributed by atoms with Crippen molar-refractivity contribution in [2.24, 2.45) is 0 Å². The number of amides is 1. The molecule has 1 amide bonds. The molecule has 0 aromatic heterocycles. The maximum atomic E-state index is 11.5. The van der Waals surface area contributed by atoms with Gasteiger partial charge in [-0.15, -0.1) is 0 Å². The number of ether oxygens (including phenoxy) is 1. The molecule has 1 saturated heterocycles. The first-order valence-corrected chi connectivity index (χ1v) is 6.39. The number of β-amino-alcohol motifs (C(OH)–C–C–N with tert-alkyl or cyclic N) is 1. The average molecular weight is 249 g/mol. The van der Waals surface area contributed by atoms with Gasteiger partial charge in [0, 0.05) is 13.0 Å². The van der Waals surface area contributed by atoms with Gasteiger partial charge in [-0.25, -0.2) is 0 Å². The molecule has 1 aromatic rings. The van der Waals surface area contributed by atoms with E-state index in [9.17, 15) is 9.90 Å². The molecule has 1 unspecified atom stereocenters. The van der Waals surface area contributed by atoms with Crippen LogP contribution in [0.5, 0.6) is 5.75 Å². The van der Waals surface area contributed by atoms with Crippen LogP contribution < -0.4 is 4.74 Å². The van der Waals surface area contributed by atoms with Crippen LogP contribution in [0.15, 0.2) is 24.3 Å². The van der Waals surface area contributed by atoms with Crippen LogP contribution in [0, 0.1) is 0 Å². The fourth-order valence-corrected chi connectivity index (χ4v) is 2.16. The van der Waals surface area contributed by atoms with Gasteiger partial charge in [0.05, 0.1) is 19.3 Å². The van der Waals surface area contributed by atoms with Crippen LogP contribution in [-0.4, -0.2) is 35.6 Å². The number of aliphatic hydroxyl groups is 1. The summed E-state index contributed by atoms with van der Waals surface area (Å²) in [7, 11) is 0. The fraction of sp³-hybridized carbons (Fsp3) is 0.500. The Morgan fingerprint density at radius 3 is 2.67 bits per heavy atom. The van der Waals surface area contributed by atoms with Gasteiger partial charge in [-0.3, -0.25) is 4.79 Å². The summed E-state index contributed by atoms with van der Waals surface area (Å²) in [6, 6.07) is 7.37. The molecule has 1 fully saturated rings. The number of likely N-dealkylation sites (tertiary alicyclic amines) is 1. The lowest BCUT2D eigenvalue weighted by Gasteiger charge is -2.20. The van der Waals surface area contributed by atoms with Gasteiger partial charge in [-0.1, -0.05) is 12.1 Å². The molecule has 1 aliphatic heterocycles. The van der Waals surface area contributed by atoms with Gasteiger partial charge < -0.3 is 14.7 Å². The van der Waals surface area contributed by atoms with Crippen LogP contribution in [0.2, 0.25) is 0 Å². The van der Waals surface area contributed by atoms with Gasteiger partial charge in [0.15, 0.2) is 0 Å². The van der Waals surface area contributed by atoms with E-state index in [1.54, 1.807) is 4.90 Å². The van der Waals surface area contributed by atoms with Gasteiger partial charge >= 0.3 is 0 Å². The van der Waals surface area contributed by atoms with E-state index < -0.39 is 6.10 Å². The highest BCUT2D eigenvalue weighted by atomic mass is 16.5. The lowest BCUT2D eigenvalue weighted by atomic mass is 10.1. The highest BCUT2D eigenvalue weighted by molar-refractivity contribution is 5.78. The first kappa shape index (κ1) is 12.9. The number of aliphatic hydroxyl groups excluding tert-OH is 1. The van der Waals surface area contributed by atoms with Gasteiger partial charge in [-0.2, -0.15) is 0 Å². The zero-order valence-electron chi connectivity index (χ0n) is 10.6. The summed E-state index contributed by atoms with van der Waals surface area (Å²) in [5.74, 6) is 0.936. The Kier molecular flexibility index (Phi) is 4.20. The minimum absolute atomic E-state index is 0.139. The molecule has 0 spiro atoms. The molecule has 1 aliphatic rings. The molecular formula is C14H19NO3. The van der Waals surface area contributed by atoms with E-state index in [2.05, 4.69) is 0 Å². The van der Waals surface area contributed by atoms with Gasteiger partial charge in [0.1, 0.15) is 5.75 Å². The number of hydrogen-bond donors (Lipinski definition) is 1. The molecule has 1 heterocycles. The second-order valence-corrected chi connectivity index (χ2v) is 4.46. The Morgan fingerprint density at radius 1 is 1.39 bits per heavy atom. The van der Waals surface area contributed by atoms with E-state index in [-0.39, 0.29) is 5.91 Å². The monoisotopic (exact) mass is 249 g/mol. The molecule has 1 N–H and O–H groups in total. The molecule has 2 rings (SSSR count). The Labute approximate surface area is 107 Å². The normalized spacial score (nSPS) is 17.0. The third kappa shape index (κ3) is 3.01. The standard InChI is InChI=1S/C14H19NO3/c1-2-18-12-7-5-11(6-8-12)13(16)10-15-9-3-4-14(15)17/h5-8,13,16H,2-4,9-10H2,1H3. The second kappa shape index (κ2) is 5.87. The van der Waals surface area contributed by atoms with E-state index in [0.717, 1.165) is 24.3 Å². The highest BCUT2D eigenvalue weighted by Gasteiger charge is 2.23. The van der Waals surface area contributed by atoms with Crippen LogP contribution in [-0.2, 0) is 4.79 Å². The molecule has 0 saturated carbocycles. The Hall–Kier alpha value is -1.55. The Balaban J connectivity index is 1.95. The Bertz CT molecular complexity index is 402. The van der Waals surface area contributed by atoms with Crippen LogP contribution in [0.4, 0.5) is 0 Å². The predicted octanol–water partition coefficient (Wildman–Crippen LogP) is 1.74. The highest BCUT2D eigenvalue weighted by Crippen LogP contribution is 2.20. The zero-order chi connectivity index (χ0) is 13.0. The van der Waals surface area contributed by atoms with Crippen LogP contribution >= 0.6 is 0 Å². The number of benzene rings is 1. The first-order valence-electron chi connectivity index (χ1n) is 6.39. The molecule has 4 nitrogen and oxygen atoms in total. The van der Waals surface area contributed by atoms with E-state index >= 15 is 0 Å². The van der Waals surface area contributed by atoms with Crippen molar-refractivity contribution in [3.63, 3.8) is 0 Å². The molecule has 1 aromatic carbocycles. The SMILES string of the molecule is CCOc1ccc(C(O)CN2CCCC2=O)cc1. The summed E-state index contributed by atoms with van der Waals surface area (Å²) < 4.78 is 5.34. The van der Waals surface area contributed by atoms with Crippen molar-refractivity contribution in [1.82, 2.24) is 4.90 Å². The number of carbonyl (C=O) groups excluding carboxylic acids is 1. The largest absolute Gasteiger partial charge is 0.494 e. The molecule has 4 heteroatoms. The van der Waals surface area contributed by atoms with Gasteiger partial charge in [-0.05, 0) is 31.0 Å². The molecular weight excluding hydrogens is 230 g/mol. The van der Waals surface area contributed by atoms with E-state index in [4.69, 9.17) is 4.74 Å². The number of hydrogen-bond acceptors (Lipinski definition) is 3. The van der Waals surface area contributed by atoms with Crippen LogP contribution in [0.3, 0.4) is 0 Å². The van der Waals surface area contributed by atoms with Crippen molar-refractivity contribution in [3.05, 3.63) is 29.8 Å². The third-order valence-electron chi connectivity index (χ3n) is 3.14. The number of carbonyl (C=O) groups is 1. The molecule has 0 aliphatic carbocycles.